The molecule has 16 heavy (non-hydrogen) atoms. The molecule has 0 aliphatic carbocycles. The Bertz CT molecular complexity index is 473. The van der Waals surface area contributed by atoms with E-state index in [9.17, 15) is 0 Å². The molecule has 0 saturated carbocycles. The van der Waals surface area contributed by atoms with Gasteiger partial charge in [0.1, 0.15) is 0 Å². The van der Waals surface area contributed by atoms with Crippen molar-refractivity contribution in [1.29, 1.82) is 0 Å². The predicted octanol–water partition coefficient (Wildman–Crippen LogP) is 1.57. The third-order valence-electron chi connectivity index (χ3n) is 2.66. The average Bonchev–Trinajstić information content (AvgIpc) is 2.57. The third-order valence-corrected chi connectivity index (χ3v) is 2.66. The molecule has 0 bridgehead atoms. The number of hydrogen-bond donors (Lipinski definition) is 1. The summed E-state index contributed by atoms with van der Waals surface area (Å²) < 4.78 is 1.99. The summed E-state index contributed by atoms with van der Waals surface area (Å²) in [6.07, 6.45) is 1.08. The summed E-state index contributed by atoms with van der Waals surface area (Å²) in [5.41, 5.74) is 6.99. The van der Waals surface area contributed by atoms with Crippen LogP contribution >= 0.6 is 0 Å². The number of fused-ring (bicyclic) bond motifs is 1. The molecule has 4 nitrogen and oxygen atoms in total. The molecular formula is C12H18N4. The maximum Gasteiger partial charge on any atom is 0.153 e. The molecule has 0 spiro atoms. The van der Waals surface area contributed by atoms with E-state index < -0.39 is 0 Å². The normalized spacial score (nSPS) is 11.4. The maximum absolute atomic E-state index is 5.87. The van der Waals surface area contributed by atoms with Crippen molar-refractivity contribution >= 4 is 16.7 Å². The third kappa shape index (κ3) is 2.17. The first-order chi connectivity index (χ1) is 7.68. The molecule has 0 fully saturated rings. The van der Waals surface area contributed by atoms with Gasteiger partial charge in [0.15, 0.2) is 5.82 Å². The minimum Gasteiger partial charge on any atom is -0.382 e. The van der Waals surface area contributed by atoms with Crippen molar-refractivity contribution in [2.24, 2.45) is 0 Å². The zero-order valence-electron chi connectivity index (χ0n) is 9.85. The molecule has 2 rings (SSSR count). The fourth-order valence-electron chi connectivity index (χ4n) is 1.86. The van der Waals surface area contributed by atoms with E-state index in [1.165, 1.54) is 0 Å². The number of rotatable bonds is 4. The van der Waals surface area contributed by atoms with E-state index in [1.807, 2.05) is 22.9 Å². The summed E-state index contributed by atoms with van der Waals surface area (Å²) in [6.45, 7) is 1.98. The van der Waals surface area contributed by atoms with Gasteiger partial charge in [0, 0.05) is 11.9 Å². The number of aromatic nitrogens is 2. The fourth-order valence-corrected chi connectivity index (χ4v) is 1.86. The molecule has 2 aromatic rings. The van der Waals surface area contributed by atoms with Gasteiger partial charge in [-0.15, -0.1) is 0 Å². The largest absolute Gasteiger partial charge is 0.382 e. The van der Waals surface area contributed by atoms with Crippen LogP contribution in [0.1, 0.15) is 6.42 Å². The molecule has 0 amide bonds. The summed E-state index contributed by atoms with van der Waals surface area (Å²) in [4.78, 5) is 2.18. The van der Waals surface area contributed by atoms with Crippen LogP contribution in [0, 0.1) is 0 Å². The van der Waals surface area contributed by atoms with Gasteiger partial charge in [-0.25, -0.2) is 0 Å². The molecule has 0 aliphatic heterocycles. The van der Waals surface area contributed by atoms with Gasteiger partial charge in [-0.2, -0.15) is 5.10 Å². The molecule has 0 atom stereocenters. The molecule has 0 unspecified atom stereocenters. The Morgan fingerprint density at radius 1 is 1.31 bits per heavy atom. The van der Waals surface area contributed by atoms with Crippen molar-refractivity contribution in [3.63, 3.8) is 0 Å². The van der Waals surface area contributed by atoms with Gasteiger partial charge in [-0.05, 0) is 39.2 Å². The van der Waals surface area contributed by atoms with Gasteiger partial charge in [-0.1, -0.05) is 12.1 Å². The van der Waals surface area contributed by atoms with Gasteiger partial charge in [-0.3, -0.25) is 4.68 Å². The zero-order valence-corrected chi connectivity index (χ0v) is 9.85. The summed E-state index contributed by atoms with van der Waals surface area (Å²) in [6, 6.07) is 8.09. The van der Waals surface area contributed by atoms with Crippen LogP contribution in [-0.2, 0) is 6.54 Å². The smallest absolute Gasteiger partial charge is 0.153 e. The van der Waals surface area contributed by atoms with Gasteiger partial charge in [0.25, 0.3) is 0 Å². The van der Waals surface area contributed by atoms with Crippen LogP contribution in [-0.4, -0.2) is 35.3 Å². The van der Waals surface area contributed by atoms with E-state index in [4.69, 9.17) is 5.73 Å². The summed E-state index contributed by atoms with van der Waals surface area (Å²) >= 11 is 0. The number of hydrogen-bond acceptors (Lipinski definition) is 3. The number of anilines is 1. The van der Waals surface area contributed by atoms with Crippen LogP contribution in [0.4, 0.5) is 5.82 Å². The highest BCUT2D eigenvalue weighted by molar-refractivity contribution is 5.88. The maximum atomic E-state index is 5.87. The highest BCUT2D eigenvalue weighted by Gasteiger charge is 2.06. The molecule has 0 saturated heterocycles. The van der Waals surface area contributed by atoms with E-state index >= 15 is 0 Å². The molecule has 0 radical (unpaired) electrons. The number of nitrogen functional groups attached to an aromatic ring is 1. The van der Waals surface area contributed by atoms with Crippen molar-refractivity contribution in [1.82, 2.24) is 14.7 Å². The Morgan fingerprint density at radius 2 is 2.06 bits per heavy atom. The lowest BCUT2D eigenvalue weighted by atomic mass is 10.2. The lowest BCUT2D eigenvalue weighted by Gasteiger charge is -2.09. The van der Waals surface area contributed by atoms with E-state index in [0.29, 0.717) is 5.82 Å². The number of aryl methyl sites for hydroxylation is 1. The molecule has 0 aliphatic rings. The second-order valence-electron chi connectivity index (χ2n) is 4.28. The van der Waals surface area contributed by atoms with Crippen LogP contribution in [0.3, 0.4) is 0 Å². The van der Waals surface area contributed by atoms with Crippen molar-refractivity contribution in [2.45, 2.75) is 13.0 Å². The number of nitrogens with two attached hydrogens (primary N) is 1. The molecule has 2 N–H and O–H groups in total. The van der Waals surface area contributed by atoms with Gasteiger partial charge in [0.05, 0.1) is 5.52 Å². The molecule has 1 aromatic carbocycles. The lowest BCUT2D eigenvalue weighted by Crippen LogP contribution is -2.15. The van der Waals surface area contributed by atoms with E-state index in [-0.39, 0.29) is 0 Å². The van der Waals surface area contributed by atoms with E-state index in [2.05, 4.69) is 30.2 Å². The second-order valence-corrected chi connectivity index (χ2v) is 4.28. The first kappa shape index (κ1) is 11.0. The predicted molar refractivity (Wildman–Crippen MR) is 67.3 cm³/mol. The average molecular weight is 218 g/mol. The van der Waals surface area contributed by atoms with Crippen molar-refractivity contribution in [2.75, 3.05) is 26.4 Å². The lowest BCUT2D eigenvalue weighted by molar-refractivity contribution is 0.383. The first-order valence-electron chi connectivity index (χ1n) is 5.54. The van der Waals surface area contributed by atoms with Crippen LogP contribution < -0.4 is 5.73 Å². The van der Waals surface area contributed by atoms with Crippen molar-refractivity contribution in [3.05, 3.63) is 24.3 Å². The summed E-state index contributed by atoms with van der Waals surface area (Å²) in [7, 11) is 4.16. The number of nitrogens with zero attached hydrogens (tertiary/aromatic N) is 3. The van der Waals surface area contributed by atoms with Crippen LogP contribution in [0.25, 0.3) is 10.9 Å². The van der Waals surface area contributed by atoms with Gasteiger partial charge in [0.2, 0.25) is 0 Å². The van der Waals surface area contributed by atoms with Crippen molar-refractivity contribution < 1.29 is 0 Å². The zero-order chi connectivity index (χ0) is 11.5. The topological polar surface area (TPSA) is 47.1 Å². The second kappa shape index (κ2) is 4.53. The minimum absolute atomic E-state index is 0.625. The molecule has 4 heteroatoms. The highest BCUT2D eigenvalue weighted by Crippen LogP contribution is 2.19. The monoisotopic (exact) mass is 218 g/mol. The number of para-hydroxylation sites is 1. The summed E-state index contributed by atoms with van der Waals surface area (Å²) in [5, 5.41) is 5.41. The Hall–Kier alpha value is -1.55. The molecule has 1 aromatic heterocycles. The first-order valence-corrected chi connectivity index (χ1v) is 5.54. The standard InChI is InChI=1S/C12H18N4/c1-15(2)8-5-9-16-11-7-4-3-6-10(11)12(13)14-16/h3-4,6-7H,5,8-9H2,1-2H3,(H2,13,14). The van der Waals surface area contributed by atoms with Gasteiger partial charge < -0.3 is 10.6 Å². The van der Waals surface area contributed by atoms with Crippen LogP contribution in [0.5, 0.6) is 0 Å². The molecule has 1 heterocycles. The highest BCUT2D eigenvalue weighted by atomic mass is 15.3. The van der Waals surface area contributed by atoms with Crippen LogP contribution in [0.15, 0.2) is 24.3 Å². The molecular weight excluding hydrogens is 200 g/mol. The quantitative estimate of drug-likeness (QED) is 0.847. The molecule has 86 valence electrons. The SMILES string of the molecule is CN(C)CCCn1nc(N)c2ccccc21. The van der Waals surface area contributed by atoms with Crippen molar-refractivity contribution in [3.8, 4) is 0 Å². The van der Waals surface area contributed by atoms with E-state index in [0.717, 1.165) is 30.4 Å². The Kier molecular flexibility index (Phi) is 3.10. The van der Waals surface area contributed by atoms with E-state index in [1.54, 1.807) is 0 Å². The Labute approximate surface area is 95.6 Å². The number of benzene rings is 1. The fraction of sp³-hybridized carbons (Fsp3) is 0.417. The van der Waals surface area contributed by atoms with Gasteiger partial charge >= 0.3 is 0 Å². The Balaban J connectivity index is 2.18. The summed E-state index contributed by atoms with van der Waals surface area (Å²) in [5.74, 6) is 0.625. The minimum atomic E-state index is 0.625. The van der Waals surface area contributed by atoms with Crippen LogP contribution in [0.2, 0.25) is 0 Å². The Morgan fingerprint density at radius 3 is 2.81 bits per heavy atom.